The van der Waals surface area contributed by atoms with Gasteiger partial charge in [0.05, 0.1) is 17.8 Å². The number of amides is 1. The van der Waals surface area contributed by atoms with Gasteiger partial charge in [-0.15, -0.1) is 0 Å². The van der Waals surface area contributed by atoms with Crippen LogP contribution in [0.3, 0.4) is 0 Å². The van der Waals surface area contributed by atoms with Crippen molar-refractivity contribution in [2.45, 2.75) is 26.1 Å². The minimum atomic E-state index is -0.499. The molecule has 1 saturated heterocycles. The molecule has 98 valence electrons. The first-order chi connectivity index (χ1) is 8.49. The number of benzene rings is 1. The Labute approximate surface area is 114 Å². The van der Waals surface area contributed by atoms with Crippen molar-refractivity contribution in [1.29, 1.82) is 0 Å². The number of halogens is 2. The maximum atomic E-state index is 13.7. The fraction of sp³-hybridized carbons (Fsp3) is 0.462. The molecule has 0 unspecified atom stereocenters. The van der Waals surface area contributed by atoms with Crippen LogP contribution in [0, 0.1) is 5.82 Å². The molecule has 0 aromatic heterocycles. The molecule has 18 heavy (non-hydrogen) atoms. The Kier molecular flexibility index (Phi) is 4.02. The minimum absolute atomic E-state index is 0.0248. The summed E-state index contributed by atoms with van der Waals surface area (Å²) >= 11 is 3.23. The van der Waals surface area contributed by atoms with Gasteiger partial charge in [-0.3, -0.25) is 4.79 Å². The van der Waals surface area contributed by atoms with E-state index in [0.717, 1.165) is 0 Å². The lowest BCUT2D eigenvalue weighted by molar-refractivity contribution is -0.0587. The average Bonchev–Trinajstić information content (AvgIpc) is 2.27. The van der Waals surface area contributed by atoms with Crippen LogP contribution in [0.25, 0.3) is 0 Å². The minimum Gasteiger partial charge on any atom is -0.372 e. The zero-order chi connectivity index (χ0) is 13.3. The predicted octanol–water partition coefficient (Wildman–Crippen LogP) is 2.84. The van der Waals surface area contributed by atoms with Gasteiger partial charge in [-0.05, 0) is 41.9 Å². The van der Waals surface area contributed by atoms with E-state index in [0.29, 0.717) is 17.6 Å². The number of hydrogen-bond donors (Lipinski definition) is 0. The number of ether oxygens (including phenoxy) is 1. The SMILES string of the molecule is C[C@@H]1CN(C(=O)c2c(F)cccc2Br)C[C@H](C)O1. The molecule has 0 radical (unpaired) electrons. The molecule has 5 heteroatoms. The third-order valence-electron chi connectivity index (χ3n) is 2.88. The van der Waals surface area contributed by atoms with Gasteiger partial charge in [0.25, 0.3) is 5.91 Å². The van der Waals surface area contributed by atoms with E-state index in [1.54, 1.807) is 17.0 Å². The van der Waals surface area contributed by atoms with Crippen molar-refractivity contribution in [3.05, 3.63) is 34.1 Å². The van der Waals surface area contributed by atoms with Crippen molar-refractivity contribution < 1.29 is 13.9 Å². The fourth-order valence-electron chi connectivity index (χ4n) is 2.20. The summed E-state index contributed by atoms with van der Waals surface area (Å²) in [6.07, 6.45) is -0.0495. The summed E-state index contributed by atoms with van der Waals surface area (Å²) in [6, 6.07) is 4.54. The van der Waals surface area contributed by atoms with Crippen molar-refractivity contribution >= 4 is 21.8 Å². The van der Waals surface area contributed by atoms with Gasteiger partial charge in [-0.1, -0.05) is 6.07 Å². The van der Waals surface area contributed by atoms with Gasteiger partial charge in [0.2, 0.25) is 0 Å². The molecule has 1 aromatic rings. The van der Waals surface area contributed by atoms with E-state index in [9.17, 15) is 9.18 Å². The van der Waals surface area contributed by atoms with E-state index < -0.39 is 5.82 Å². The molecule has 1 amide bonds. The van der Waals surface area contributed by atoms with Crippen LogP contribution in [-0.4, -0.2) is 36.1 Å². The molecular formula is C13H15BrFNO2. The average molecular weight is 316 g/mol. The maximum Gasteiger partial charge on any atom is 0.258 e. The van der Waals surface area contributed by atoms with Crippen molar-refractivity contribution in [2.24, 2.45) is 0 Å². The van der Waals surface area contributed by atoms with Gasteiger partial charge in [-0.25, -0.2) is 4.39 Å². The summed E-state index contributed by atoms with van der Waals surface area (Å²) in [5.74, 6) is -0.789. The first-order valence-electron chi connectivity index (χ1n) is 5.87. The molecule has 0 bridgehead atoms. The third kappa shape index (κ3) is 2.72. The van der Waals surface area contributed by atoms with Crippen LogP contribution in [0.5, 0.6) is 0 Å². The van der Waals surface area contributed by atoms with Crippen molar-refractivity contribution in [1.82, 2.24) is 4.90 Å². The fourth-order valence-corrected chi connectivity index (χ4v) is 2.72. The van der Waals surface area contributed by atoms with Crippen LogP contribution >= 0.6 is 15.9 Å². The van der Waals surface area contributed by atoms with E-state index in [1.807, 2.05) is 13.8 Å². The molecular weight excluding hydrogens is 301 g/mol. The van der Waals surface area contributed by atoms with Gasteiger partial charge in [0.15, 0.2) is 0 Å². The molecule has 2 rings (SSSR count). The zero-order valence-corrected chi connectivity index (χ0v) is 11.9. The highest BCUT2D eigenvalue weighted by Crippen LogP contribution is 2.23. The first-order valence-corrected chi connectivity index (χ1v) is 6.67. The van der Waals surface area contributed by atoms with E-state index in [1.165, 1.54) is 6.07 Å². The topological polar surface area (TPSA) is 29.5 Å². The van der Waals surface area contributed by atoms with Crippen molar-refractivity contribution in [2.75, 3.05) is 13.1 Å². The predicted molar refractivity (Wildman–Crippen MR) is 70.0 cm³/mol. The summed E-state index contributed by atoms with van der Waals surface area (Å²) in [4.78, 5) is 14.0. The van der Waals surface area contributed by atoms with Crippen molar-refractivity contribution in [3.63, 3.8) is 0 Å². The molecule has 1 fully saturated rings. The van der Waals surface area contributed by atoms with E-state index in [4.69, 9.17) is 4.74 Å². The molecule has 2 atom stereocenters. The van der Waals surface area contributed by atoms with Crippen LogP contribution in [0.15, 0.2) is 22.7 Å². The summed E-state index contributed by atoms with van der Waals surface area (Å²) in [6.45, 7) is 4.80. The molecule has 0 spiro atoms. The first kappa shape index (κ1) is 13.5. The second-order valence-corrected chi connectivity index (χ2v) is 5.42. The smallest absolute Gasteiger partial charge is 0.258 e. The molecule has 3 nitrogen and oxygen atoms in total. The van der Waals surface area contributed by atoms with Gasteiger partial charge < -0.3 is 9.64 Å². The Hall–Kier alpha value is -0.940. The third-order valence-corrected chi connectivity index (χ3v) is 3.54. The number of morpholine rings is 1. The van der Waals surface area contributed by atoms with Crippen LogP contribution in [0.1, 0.15) is 24.2 Å². The Balaban J connectivity index is 2.26. The Morgan fingerprint density at radius 2 is 2.00 bits per heavy atom. The number of carbonyl (C=O) groups is 1. The second-order valence-electron chi connectivity index (χ2n) is 4.56. The molecule has 0 aliphatic carbocycles. The summed E-state index contributed by atoms with van der Waals surface area (Å²) in [5.41, 5.74) is 0.0961. The summed E-state index contributed by atoms with van der Waals surface area (Å²) < 4.78 is 19.8. The van der Waals surface area contributed by atoms with Crippen LogP contribution in [-0.2, 0) is 4.74 Å². The quantitative estimate of drug-likeness (QED) is 0.797. The lowest BCUT2D eigenvalue weighted by Crippen LogP contribution is -2.48. The highest BCUT2D eigenvalue weighted by atomic mass is 79.9. The summed E-state index contributed by atoms with van der Waals surface area (Å²) in [7, 11) is 0. The van der Waals surface area contributed by atoms with Crippen LogP contribution in [0.4, 0.5) is 4.39 Å². The van der Waals surface area contributed by atoms with Crippen LogP contribution in [0.2, 0.25) is 0 Å². The number of carbonyl (C=O) groups excluding carboxylic acids is 1. The Morgan fingerprint density at radius 3 is 2.56 bits per heavy atom. The van der Waals surface area contributed by atoms with Gasteiger partial charge >= 0.3 is 0 Å². The monoisotopic (exact) mass is 315 g/mol. The molecule has 1 aromatic carbocycles. The van der Waals surface area contributed by atoms with E-state index >= 15 is 0 Å². The largest absolute Gasteiger partial charge is 0.372 e. The number of nitrogens with zero attached hydrogens (tertiary/aromatic N) is 1. The summed E-state index contributed by atoms with van der Waals surface area (Å²) in [5, 5.41) is 0. The van der Waals surface area contributed by atoms with Gasteiger partial charge in [-0.2, -0.15) is 0 Å². The molecule has 0 saturated carbocycles. The molecule has 1 aliphatic heterocycles. The van der Waals surface area contributed by atoms with Gasteiger partial charge in [0, 0.05) is 17.6 Å². The van der Waals surface area contributed by atoms with Gasteiger partial charge in [0.1, 0.15) is 5.82 Å². The highest BCUT2D eigenvalue weighted by molar-refractivity contribution is 9.10. The van der Waals surface area contributed by atoms with Crippen LogP contribution < -0.4 is 0 Å². The van der Waals surface area contributed by atoms with E-state index in [-0.39, 0.29) is 23.7 Å². The molecule has 1 aliphatic rings. The van der Waals surface area contributed by atoms with E-state index in [2.05, 4.69) is 15.9 Å². The normalized spacial score (nSPS) is 24.1. The lowest BCUT2D eigenvalue weighted by Gasteiger charge is -2.35. The molecule has 0 N–H and O–H groups in total. The zero-order valence-electron chi connectivity index (χ0n) is 10.3. The molecule has 1 heterocycles. The number of hydrogen-bond acceptors (Lipinski definition) is 2. The standard InChI is InChI=1S/C13H15BrFNO2/c1-8-6-16(7-9(2)18-8)13(17)12-10(14)4-3-5-11(12)15/h3-5,8-9H,6-7H2,1-2H3/t8-,9+. The Bertz CT molecular complexity index is 436. The second kappa shape index (κ2) is 5.36. The Morgan fingerprint density at radius 1 is 1.39 bits per heavy atom. The lowest BCUT2D eigenvalue weighted by atomic mass is 10.1. The van der Waals surface area contributed by atoms with Crippen molar-refractivity contribution in [3.8, 4) is 0 Å². The number of rotatable bonds is 1. The highest BCUT2D eigenvalue weighted by Gasteiger charge is 2.29. The maximum absolute atomic E-state index is 13.7.